The molecule has 8 nitrogen and oxygen atoms in total. The predicted octanol–water partition coefficient (Wildman–Crippen LogP) is 2.70. The average Bonchev–Trinajstić information content (AvgIpc) is 3.03. The Morgan fingerprint density at radius 3 is 2.64 bits per heavy atom. The van der Waals surface area contributed by atoms with Crippen LogP contribution in [0.5, 0.6) is 0 Å². The van der Waals surface area contributed by atoms with Gasteiger partial charge in [-0.05, 0) is 52.2 Å². The van der Waals surface area contributed by atoms with Gasteiger partial charge in [-0.15, -0.1) is 0 Å². The molecule has 0 saturated heterocycles. The van der Waals surface area contributed by atoms with Crippen LogP contribution in [0.3, 0.4) is 0 Å². The van der Waals surface area contributed by atoms with Gasteiger partial charge in [0.25, 0.3) is 5.56 Å². The number of alkyl carbamates (subject to hydrolysis) is 1. The molecule has 2 heterocycles. The fraction of sp³-hybridized carbons (Fsp3) is 0.500. The van der Waals surface area contributed by atoms with Crippen molar-refractivity contribution in [3.8, 4) is 11.3 Å². The molecule has 1 amide bonds. The number of aromatic nitrogens is 3. The predicted molar refractivity (Wildman–Crippen MR) is 107 cm³/mol. The molecule has 3 rings (SSSR count). The minimum atomic E-state index is -0.503. The summed E-state index contributed by atoms with van der Waals surface area (Å²) in [7, 11) is 1.71. The van der Waals surface area contributed by atoms with Crippen molar-refractivity contribution in [3.05, 3.63) is 41.1 Å². The number of anilines is 1. The molecule has 0 aliphatic heterocycles. The van der Waals surface area contributed by atoms with E-state index in [9.17, 15) is 9.59 Å². The van der Waals surface area contributed by atoms with Crippen LogP contribution in [0.2, 0.25) is 0 Å². The Labute approximate surface area is 164 Å². The van der Waals surface area contributed by atoms with E-state index >= 15 is 0 Å². The number of amides is 1. The number of hydrogen-bond acceptors (Lipinski definition) is 6. The van der Waals surface area contributed by atoms with Crippen molar-refractivity contribution in [2.45, 2.75) is 57.7 Å². The van der Waals surface area contributed by atoms with E-state index in [4.69, 9.17) is 4.74 Å². The minimum absolute atomic E-state index is 0.0759. The van der Waals surface area contributed by atoms with E-state index in [1.165, 1.54) is 4.57 Å². The first-order valence-electron chi connectivity index (χ1n) is 9.45. The second kappa shape index (κ2) is 8.00. The number of nitrogens with one attached hydrogen (secondary N) is 2. The summed E-state index contributed by atoms with van der Waals surface area (Å²) in [6.45, 7) is 5.54. The highest BCUT2D eigenvalue weighted by Crippen LogP contribution is 2.23. The van der Waals surface area contributed by atoms with Crippen LogP contribution >= 0.6 is 0 Å². The lowest BCUT2D eigenvalue weighted by Gasteiger charge is -2.21. The normalized spacial score (nSPS) is 19.3. The molecule has 1 saturated carbocycles. The fourth-order valence-corrected chi connectivity index (χ4v) is 3.26. The Morgan fingerprint density at radius 2 is 1.96 bits per heavy atom. The number of carbonyl (C=O) groups is 1. The Kier molecular flexibility index (Phi) is 5.67. The van der Waals surface area contributed by atoms with Crippen molar-refractivity contribution in [2.75, 3.05) is 5.32 Å². The molecular weight excluding hydrogens is 358 g/mol. The largest absolute Gasteiger partial charge is 0.444 e. The van der Waals surface area contributed by atoms with Gasteiger partial charge in [0.05, 0.1) is 23.7 Å². The van der Waals surface area contributed by atoms with Crippen LogP contribution in [0.15, 0.2) is 35.5 Å². The topological polar surface area (TPSA) is 98.1 Å². The van der Waals surface area contributed by atoms with Crippen LogP contribution in [0.1, 0.15) is 40.0 Å². The third kappa shape index (κ3) is 5.09. The highest BCUT2D eigenvalue weighted by Gasteiger charge is 2.27. The summed E-state index contributed by atoms with van der Waals surface area (Å²) in [5, 5.41) is 6.27. The molecule has 0 bridgehead atoms. The minimum Gasteiger partial charge on any atom is -0.444 e. The van der Waals surface area contributed by atoms with E-state index in [1.54, 1.807) is 37.8 Å². The zero-order valence-corrected chi connectivity index (χ0v) is 16.7. The number of carbonyl (C=O) groups excluding carboxylic acids is 1. The smallest absolute Gasteiger partial charge is 0.407 e. The number of ether oxygens (including phenoxy) is 1. The van der Waals surface area contributed by atoms with E-state index in [0.717, 1.165) is 19.3 Å². The van der Waals surface area contributed by atoms with Crippen LogP contribution in [-0.2, 0) is 11.8 Å². The van der Waals surface area contributed by atoms with Gasteiger partial charge in [0, 0.05) is 25.3 Å². The first-order valence-corrected chi connectivity index (χ1v) is 9.45. The highest BCUT2D eigenvalue weighted by atomic mass is 16.6. The standard InChI is InChI=1S/C20H27N5O3/c1-20(2,3)28-19(27)24-14-8-7-13(10-14)23-17-12-21-16(11-22-17)15-6-5-9-25(4)18(15)26/h5-6,9,11-14H,7-8,10H2,1-4H3,(H,22,23)(H,24,27)/t13-,14-/m0/s1. The summed E-state index contributed by atoms with van der Waals surface area (Å²) in [4.78, 5) is 32.8. The van der Waals surface area contributed by atoms with E-state index in [-0.39, 0.29) is 23.7 Å². The molecule has 0 unspecified atom stereocenters. The van der Waals surface area contributed by atoms with Crippen molar-refractivity contribution >= 4 is 11.9 Å². The van der Waals surface area contributed by atoms with Crippen molar-refractivity contribution in [1.82, 2.24) is 19.9 Å². The van der Waals surface area contributed by atoms with Gasteiger partial charge in [-0.1, -0.05) is 0 Å². The van der Waals surface area contributed by atoms with Crippen LogP contribution in [0.4, 0.5) is 10.6 Å². The summed E-state index contributed by atoms with van der Waals surface area (Å²) in [6, 6.07) is 3.82. The Hall–Kier alpha value is -2.90. The summed E-state index contributed by atoms with van der Waals surface area (Å²) in [5.74, 6) is 0.652. The van der Waals surface area contributed by atoms with Crippen LogP contribution < -0.4 is 16.2 Å². The van der Waals surface area contributed by atoms with Gasteiger partial charge in [0.1, 0.15) is 11.4 Å². The molecule has 2 N–H and O–H groups in total. The zero-order chi connectivity index (χ0) is 20.3. The van der Waals surface area contributed by atoms with Gasteiger partial charge < -0.3 is 19.9 Å². The molecule has 2 atom stereocenters. The monoisotopic (exact) mass is 385 g/mol. The Balaban J connectivity index is 1.56. The second-order valence-corrected chi connectivity index (χ2v) is 8.12. The first-order chi connectivity index (χ1) is 13.2. The number of aryl methyl sites for hydroxylation is 1. The van der Waals surface area contributed by atoms with Gasteiger partial charge in [-0.2, -0.15) is 0 Å². The van der Waals surface area contributed by atoms with Gasteiger partial charge >= 0.3 is 6.09 Å². The molecule has 1 fully saturated rings. The average molecular weight is 385 g/mol. The van der Waals surface area contributed by atoms with Gasteiger partial charge in [-0.25, -0.2) is 9.78 Å². The van der Waals surface area contributed by atoms with Gasteiger partial charge in [0.15, 0.2) is 0 Å². The highest BCUT2D eigenvalue weighted by molar-refractivity contribution is 5.68. The van der Waals surface area contributed by atoms with Gasteiger partial charge in [-0.3, -0.25) is 9.78 Å². The maximum atomic E-state index is 12.2. The third-order valence-electron chi connectivity index (χ3n) is 4.56. The van der Waals surface area contributed by atoms with Gasteiger partial charge in [0.2, 0.25) is 0 Å². The molecule has 150 valence electrons. The fourth-order valence-electron chi connectivity index (χ4n) is 3.26. The quantitative estimate of drug-likeness (QED) is 0.840. The third-order valence-corrected chi connectivity index (χ3v) is 4.56. The molecule has 28 heavy (non-hydrogen) atoms. The molecule has 8 heteroatoms. The molecule has 2 aromatic rings. The van der Waals surface area contributed by atoms with Crippen LogP contribution in [0.25, 0.3) is 11.3 Å². The van der Waals surface area contributed by atoms with Crippen LogP contribution in [-0.4, -0.2) is 38.3 Å². The molecule has 0 radical (unpaired) electrons. The number of pyridine rings is 1. The maximum absolute atomic E-state index is 12.2. The number of rotatable bonds is 4. The van der Waals surface area contributed by atoms with E-state index < -0.39 is 5.60 Å². The van der Waals surface area contributed by atoms with Crippen molar-refractivity contribution in [2.24, 2.45) is 7.05 Å². The number of nitrogens with zero attached hydrogens (tertiary/aromatic N) is 3. The first kappa shape index (κ1) is 19.9. The van der Waals surface area contributed by atoms with E-state index in [1.807, 2.05) is 20.8 Å². The maximum Gasteiger partial charge on any atom is 0.407 e. The molecule has 0 spiro atoms. The Bertz CT molecular complexity index is 886. The molecule has 0 aromatic carbocycles. The molecule has 1 aliphatic rings. The van der Waals surface area contributed by atoms with Crippen molar-refractivity contribution in [3.63, 3.8) is 0 Å². The van der Waals surface area contributed by atoms with E-state index in [0.29, 0.717) is 17.1 Å². The molecule has 2 aromatic heterocycles. The molecular formula is C20H27N5O3. The summed E-state index contributed by atoms with van der Waals surface area (Å²) in [6.07, 6.45) is 7.15. The lowest BCUT2D eigenvalue weighted by molar-refractivity contribution is 0.0505. The zero-order valence-electron chi connectivity index (χ0n) is 16.7. The van der Waals surface area contributed by atoms with Crippen LogP contribution in [0, 0.1) is 0 Å². The lowest BCUT2D eigenvalue weighted by atomic mass is 10.2. The SMILES string of the molecule is Cn1cccc(-c2cnc(N[C@H]3CC[C@H](NC(=O)OC(C)(C)C)C3)cn2)c1=O. The summed E-state index contributed by atoms with van der Waals surface area (Å²) >= 11 is 0. The second-order valence-electron chi connectivity index (χ2n) is 8.12. The number of hydrogen-bond donors (Lipinski definition) is 2. The summed E-state index contributed by atoms with van der Waals surface area (Å²) < 4.78 is 6.82. The lowest BCUT2D eigenvalue weighted by Crippen LogP contribution is -2.38. The Morgan fingerprint density at radius 1 is 1.21 bits per heavy atom. The van der Waals surface area contributed by atoms with Crippen molar-refractivity contribution in [1.29, 1.82) is 0 Å². The molecule has 1 aliphatic carbocycles. The van der Waals surface area contributed by atoms with E-state index in [2.05, 4.69) is 20.6 Å². The summed E-state index contributed by atoms with van der Waals surface area (Å²) in [5.41, 5.74) is 0.454. The van der Waals surface area contributed by atoms with Crippen molar-refractivity contribution < 1.29 is 9.53 Å².